The molecule has 0 fully saturated rings. The van der Waals surface area contributed by atoms with Crippen molar-refractivity contribution in [2.24, 2.45) is 5.73 Å². The molecule has 0 heterocycles. The van der Waals surface area contributed by atoms with Crippen LogP contribution in [-0.4, -0.2) is 43.6 Å². The van der Waals surface area contributed by atoms with Gasteiger partial charge in [0, 0.05) is 30.2 Å². The fraction of sp³-hybridized carbons (Fsp3) is 0.533. The van der Waals surface area contributed by atoms with Crippen molar-refractivity contribution in [1.82, 2.24) is 10.2 Å². The monoisotopic (exact) mass is 313 g/mol. The normalized spacial score (nSPS) is 10.9. The zero-order valence-corrected chi connectivity index (χ0v) is 13.4. The molecule has 6 heteroatoms. The van der Waals surface area contributed by atoms with Gasteiger partial charge in [-0.3, -0.25) is 4.79 Å². The van der Waals surface area contributed by atoms with Gasteiger partial charge in [-0.2, -0.15) is 0 Å². The Labute approximate surface area is 131 Å². The maximum absolute atomic E-state index is 10.8. The topological polar surface area (TPSA) is 67.6 Å². The Kier molecular flexibility index (Phi) is 8.12. The maximum atomic E-state index is 10.8. The molecule has 0 aliphatic heterocycles. The molecule has 21 heavy (non-hydrogen) atoms. The molecule has 0 saturated carbocycles. The molecule has 0 atom stereocenters. The minimum atomic E-state index is -0.495. The Morgan fingerprint density at radius 3 is 2.71 bits per heavy atom. The number of halogens is 1. The molecule has 1 aromatic carbocycles. The lowest BCUT2D eigenvalue weighted by atomic mass is 10.2. The molecule has 0 unspecified atom stereocenters. The van der Waals surface area contributed by atoms with Gasteiger partial charge in [0.05, 0.1) is 0 Å². The molecule has 1 amide bonds. The SMILES string of the molecule is CCN(CC)CCNCc1cc(Cl)ccc1OCC(N)=O. The van der Waals surface area contributed by atoms with Gasteiger partial charge in [-0.05, 0) is 31.3 Å². The van der Waals surface area contributed by atoms with E-state index in [1.807, 2.05) is 6.07 Å². The largest absolute Gasteiger partial charge is 0.483 e. The van der Waals surface area contributed by atoms with Crippen molar-refractivity contribution in [2.75, 3.05) is 32.8 Å². The molecular weight excluding hydrogens is 290 g/mol. The van der Waals surface area contributed by atoms with Crippen molar-refractivity contribution in [3.8, 4) is 5.75 Å². The van der Waals surface area contributed by atoms with Crippen LogP contribution in [0, 0.1) is 0 Å². The van der Waals surface area contributed by atoms with Crippen LogP contribution in [0.25, 0.3) is 0 Å². The number of nitrogens with two attached hydrogens (primary N) is 1. The van der Waals surface area contributed by atoms with Crippen LogP contribution >= 0.6 is 11.6 Å². The van der Waals surface area contributed by atoms with Gasteiger partial charge in [0.25, 0.3) is 5.91 Å². The van der Waals surface area contributed by atoms with Crippen LogP contribution in [0.5, 0.6) is 5.75 Å². The number of rotatable bonds is 10. The first kappa shape index (κ1) is 17.8. The van der Waals surface area contributed by atoms with Crippen LogP contribution in [0.4, 0.5) is 0 Å². The van der Waals surface area contributed by atoms with Crippen molar-refractivity contribution < 1.29 is 9.53 Å². The van der Waals surface area contributed by atoms with Crippen molar-refractivity contribution >= 4 is 17.5 Å². The quantitative estimate of drug-likeness (QED) is 0.644. The zero-order valence-electron chi connectivity index (χ0n) is 12.7. The average Bonchev–Trinajstić information content (AvgIpc) is 2.46. The molecular formula is C15H24ClN3O2. The van der Waals surface area contributed by atoms with E-state index in [0.29, 0.717) is 17.3 Å². The lowest BCUT2D eigenvalue weighted by Crippen LogP contribution is -2.31. The third-order valence-electron chi connectivity index (χ3n) is 3.21. The minimum absolute atomic E-state index is 0.131. The van der Waals surface area contributed by atoms with Crippen LogP contribution in [-0.2, 0) is 11.3 Å². The van der Waals surface area contributed by atoms with Crippen LogP contribution < -0.4 is 15.8 Å². The zero-order chi connectivity index (χ0) is 15.7. The van der Waals surface area contributed by atoms with E-state index in [4.69, 9.17) is 22.1 Å². The first-order valence-corrected chi connectivity index (χ1v) is 7.57. The summed E-state index contributed by atoms with van der Waals surface area (Å²) in [4.78, 5) is 13.1. The summed E-state index contributed by atoms with van der Waals surface area (Å²) in [6, 6.07) is 5.33. The summed E-state index contributed by atoms with van der Waals surface area (Å²) >= 11 is 6.00. The molecule has 3 N–H and O–H groups in total. The molecule has 0 bridgehead atoms. The number of hydrogen-bond donors (Lipinski definition) is 2. The number of carbonyl (C=O) groups is 1. The molecule has 118 valence electrons. The third-order valence-corrected chi connectivity index (χ3v) is 3.44. The van der Waals surface area contributed by atoms with E-state index in [1.54, 1.807) is 12.1 Å². The summed E-state index contributed by atoms with van der Waals surface area (Å²) in [6.45, 7) is 8.76. The fourth-order valence-corrected chi connectivity index (χ4v) is 2.17. The molecule has 0 saturated heterocycles. The molecule has 5 nitrogen and oxygen atoms in total. The summed E-state index contributed by atoms with van der Waals surface area (Å²) in [6.07, 6.45) is 0. The first-order valence-electron chi connectivity index (χ1n) is 7.19. The van der Waals surface area contributed by atoms with E-state index in [2.05, 4.69) is 24.1 Å². The van der Waals surface area contributed by atoms with Crippen molar-refractivity contribution in [3.63, 3.8) is 0 Å². The van der Waals surface area contributed by atoms with Gasteiger partial charge in [0.15, 0.2) is 6.61 Å². The number of ether oxygens (including phenoxy) is 1. The third kappa shape index (κ3) is 6.80. The number of carbonyl (C=O) groups excluding carboxylic acids is 1. The number of likely N-dealkylation sites (N-methyl/N-ethyl adjacent to an activating group) is 1. The van der Waals surface area contributed by atoms with Gasteiger partial charge in [0.1, 0.15) is 5.75 Å². The second-order valence-corrected chi connectivity index (χ2v) is 5.15. The predicted octanol–water partition coefficient (Wildman–Crippen LogP) is 1.64. The van der Waals surface area contributed by atoms with Gasteiger partial charge in [-0.15, -0.1) is 0 Å². The predicted molar refractivity (Wildman–Crippen MR) is 85.6 cm³/mol. The highest BCUT2D eigenvalue weighted by Crippen LogP contribution is 2.22. The van der Waals surface area contributed by atoms with Crippen molar-refractivity contribution in [2.45, 2.75) is 20.4 Å². The maximum Gasteiger partial charge on any atom is 0.255 e. The number of hydrogen-bond acceptors (Lipinski definition) is 4. The molecule has 0 spiro atoms. The van der Waals surface area contributed by atoms with Gasteiger partial charge in [-0.1, -0.05) is 25.4 Å². The Morgan fingerprint density at radius 2 is 2.10 bits per heavy atom. The van der Waals surface area contributed by atoms with Gasteiger partial charge in [0.2, 0.25) is 0 Å². The van der Waals surface area contributed by atoms with E-state index < -0.39 is 5.91 Å². The van der Waals surface area contributed by atoms with Crippen molar-refractivity contribution in [3.05, 3.63) is 28.8 Å². The second kappa shape index (κ2) is 9.60. The van der Waals surface area contributed by atoms with E-state index in [1.165, 1.54) is 0 Å². The molecule has 0 aromatic heterocycles. The van der Waals surface area contributed by atoms with E-state index >= 15 is 0 Å². The van der Waals surface area contributed by atoms with Crippen molar-refractivity contribution in [1.29, 1.82) is 0 Å². The molecule has 0 aliphatic rings. The summed E-state index contributed by atoms with van der Waals surface area (Å²) in [7, 11) is 0. The van der Waals surface area contributed by atoms with Crippen LogP contribution in [0.3, 0.4) is 0 Å². The first-order chi connectivity index (χ1) is 10.1. The molecule has 0 radical (unpaired) electrons. The smallest absolute Gasteiger partial charge is 0.255 e. The highest BCUT2D eigenvalue weighted by Gasteiger charge is 2.06. The lowest BCUT2D eigenvalue weighted by molar-refractivity contribution is -0.119. The highest BCUT2D eigenvalue weighted by molar-refractivity contribution is 6.30. The molecule has 1 aromatic rings. The van der Waals surface area contributed by atoms with Crippen LogP contribution in [0.1, 0.15) is 19.4 Å². The number of nitrogens with one attached hydrogen (secondary N) is 1. The van der Waals surface area contributed by atoms with Gasteiger partial charge >= 0.3 is 0 Å². The summed E-state index contributed by atoms with van der Waals surface area (Å²) in [5, 5.41) is 4.00. The summed E-state index contributed by atoms with van der Waals surface area (Å²) in [5.41, 5.74) is 6.01. The van der Waals surface area contributed by atoms with E-state index in [-0.39, 0.29) is 6.61 Å². The van der Waals surface area contributed by atoms with Gasteiger partial charge in [-0.25, -0.2) is 0 Å². The van der Waals surface area contributed by atoms with E-state index in [0.717, 1.165) is 31.7 Å². The Bertz CT molecular complexity index is 451. The number of primary amides is 1. The Hall–Kier alpha value is -1.30. The Balaban J connectivity index is 2.52. The van der Waals surface area contributed by atoms with Gasteiger partial charge < -0.3 is 20.7 Å². The van der Waals surface area contributed by atoms with Crippen LogP contribution in [0.15, 0.2) is 18.2 Å². The number of nitrogens with zero attached hydrogens (tertiary/aromatic N) is 1. The number of amides is 1. The average molecular weight is 314 g/mol. The second-order valence-electron chi connectivity index (χ2n) is 4.71. The Morgan fingerprint density at radius 1 is 1.38 bits per heavy atom. The summed E-state index contributed by atoms with van der Waals surface area (Å²) in [5.74, 6) is 0.138. The lowest BCUT2D eigenvalue weighted by Gasteiger charge is -2.18. The van der Waals surface area contributed by atoms with E-state index in [9.17, 15) is 4.79 Å². The molecule has 0 aliphatic carbocycles. The fourth-order valence-electron chi connectivity index (χ4n) is 1.98. The highest BCUT2D eigenvalue weighted by atomic mass is 35.5. The standard InChI is InChI=1S/C15H24ClN3O2/c1-3-19(4-2)8-7-18-10-12-9-13(16)5-6-14(12)21-11-15(17)20/h5-6,9,18H,3-4,7-8,10-11H2,1-2H3,(H2,17,20). The number of benzene rings is 1. The minimum Gasteiger partial charge on any atom is -0.483 e. The summed E-state index contributed by atoms with van der Waals surface area (Å²) < 4.78 is 5.39. The van der Waals surface area contributed by atoms with Crippen LogP contribution in [0.2, 0.25) is 5.02 Å². The molecule has 1 rings (SSSR count).